The van der Waals surface area contributed by atoms with Crippen molar-refractivity contribution in [2.75, 3.05) is 37.4 Å². The molecule has 0 saturated carbocycles. The molecule has 32 heavy (non-hydrogen) atoms. The summed E-state index contributed by atoms with van der Waals surface area (Å²) < 4.78 is 0. The molecule has 0 spiro atoms. The Bertz CT molecular complexity index is 1060. The Morgan fingerprint density at radius 1 is 1.00 bits per heavy atom. The topological polar surface area (TPSA) is 48.8 Å². The van der Waals surface area contributed by atoms with E-state index in [0.717, 1.165) is 30.8 Å². The number of rotatable bonds is 6. The van der Waals surface area contributed by atoms with Crippen molar-refractivity contribution in [3.8, 4) is 0 Å². The highest BCUT2D eigenvalue weighted by Crippen LogP contribution is 2.19. The minimum Gasteiger partial charge on any atom is -0.378 e. The predicted molar refractivity (Wildman–Crippen MR) is 131 cm³/mol. The second-order valence-electron chi connectivity index (χ2n) is 8.85. The third-order valence-corrected chi connectivity index (χ3v) is 6.30. The first-order chi connectivity index (χ1) is 15.5. The molecule has 1 heterocycles. The number of carbonyl (C=O) groups excluding carboxylic acids is 1. The van der Waals surface area contributed by atoms with Gasteiger partial charge in [0.1, 0.15) is 12.6 Å². The summed E-state index contributed by atoms with van der Waals surface area (Å²) in [6.07, 6.45) is 1.06. The largest absolute Gasteiger partial charge is 0.378 e. The highest BCUT2D eigenvalue weighted by Gasteiger charge is 2.29. The number of aryl methyl sites for hydroxylation is 1. The van der Waals surface area contributed by atoms with Gasteiger partial charge in [-0.25, -0.2) is 4.79 Å². The van der Waals surface area contributed by atoms with Crippen LogP contribution in [0.15, 0.2) is 72.8 Å². The average molecular weight is 430 g/mol. The lowest BCUT2D eigenvalue weighted by molar-refractivity contribution is -0.945. The van der Waals surface area contributed by atoms with Crippen LogP contribution in [0.3, 0.4) is 0 Å². The highest BCUT2D eigenvalue weighted by atomic mass is 16.2. The van der Waals surface area contributed by atoms with Crippen LogP contribution in [0, 0.1) is 6.92 Å². The molecule has 5 heteroatoms. The fourth-order valence-corrected chi connectivity index (χ4v) is 4.50. The zero-order valence-electron chi connectivity index (χ0n) is 19.2. The Morgan fingerprint density at radius 3 is 2.47 bits per heavy atom. The fraction of sp³-hybridized carbons (Fsp3) is 0.296. The number of anilines is 2. The van der Waals surface area contributed by atoms with Gasteiger partial charge in [0.05, 0.1) is 13.1 Å². The van der Waals surface area contributed by atoms with Crippen LogP contribution < -0.4 is 20.4 Å². The van der Waals surface area contributed by atoms with E-state index in [1.165, 1.54) is 27.3 Å². The number of amides is 2. The zero-order valence-corrected chi connectivity index (χ0v) is 19.2. The molecule has 4 rings (SSSR count). The quantitative estimate of drug-likeness (QED) is 0.561. The van der Waals surface area contributed by atoms with Gasteiger partial charge >= 0.3 is 6.03 Å². The van der Waals surface area contributed by atoms with Crippen LogP contribution in [0.4, 0.5) is 16.2 Å². The van der Waals surface area contributed by atoms with Crippen molar-refractivity contribution >= 4 is 17.4 Å². The lowest BCUT2D eigenvalue weighted by Gasteiger charge is -2.33. The van der Waals surface area contributed by atoms with E-state index in [1.807, 2.05) is 31.2 Å². The number of benzene rings is 3. The Labute approximate surface area is 191 Å². The van der Waals surface area contributed by atoms with Crippen molar-refractivity contribution in [3.05, 3.63) is 95.1 Å². The third-order valence-electron chi connectivity index (χ3n) is 6.30. The molecule has 0 aliphatic carbocycles. The number of nitrogens with one attached hydrogen (secondary N) is 3. The van der Waals surface area contributed by atoms with Crippen molar-refractivity contribution in [1.29, 1.82) is 0 Å². The summed E-state index contributed by atoms with van der Waals surface area (Å²) in [6, 6.07) is 25.3. The van der Waals surface area contributed by atoms with E-state index in [2.05, 4.69) is 78.2 Å². The first-order valence-corrected chi connectivity index (χ1v) is 11.3. The maximum absolute atomic E-state index is 12.6. The van der Waals surface area contributed by atoms with Crippen LogP contribution in [0.5, 0.6) is 0 Å². The molecule has 0 fully saturated rings. The molecule has 0 radical (unpaired) electrons. The Hall–Kier alpha value is -3.31. The van der Waals surface area contributed by atoms with Crippen molar-refractivity contribution in [1.82, 2.24) is 5.32 Å². The molecule has 1 unspecified atom stereocenters. The van der Waals surface area contributed by atoms with E-state index in [1.54, 1.807) is 0 Å². The van der Waals surface area contributed by atoms with Gasteiger partial charge in [0.25, 0.3) is 0 Å². The second-order valence-corrected chi connectivity index (χ2v) is 8.85. The lowest BCUT2D eigenvalue weighted by Crippen LogP contribution is -3.12. The maximum atomic E-state index is 12.6. The summed E-state index contributed by atoms with van der Waals surface area (Å²) >= 11 is 0. The molecule has 2 amide bonds. The standard InChI is InChI=1S/C27H32N4O/c1-20-7-6-10-24(17-20)29-27(32)28-18-26(22-11-13-25(14-12-22)30(2)3)31-16-15-21-8-4-5-9-23(21)19-31/h4-14,17,26H,15-16,18-19H2,1-3H3,(H2,28,29,32)/p+1/t26-/m1/s1. The van der Waals surface area contributed by atoms with Crippen LogP contribution >= 0.6 is 0 Å². The molecule has 3 aromatic carbocycles. The van der Waals surface area contributed by atoms with E-state index in [0.29, 0.717) is 6.54 Å². The van der Waals surface area contributed by atoms with Crippen LogP contribution in [-0.2, 0) is 13.0 Å². The molecule has 0 saturated heterocycles. The normalized spacial score (nSPS) is 16.0. The Morgan fingerprint density at radius 2 is 1.75 bits per heavy atom. The van der Waals surface area contributed by atoms with Crippen LogP contribution in [0.25, 0.3) is 0 Å². The summed E-state index contributed by atoms with van der Waals surface area (Å²) in [4.78, 5) is 16.2. The highest BCUT2D eigenvalue weighted by molar-refractivity contribution is 5.89. The number of fused-ring (bicyclic) bond motifs is 1. The molecular weight excluding hydrogens is 396 g/mol. The number of hydrogen-bond acceptors (Lipinski definition) is 2. The van der Waals surface area contributed by atoms with Crippen molar-refractivity contribution in [3.63, 3.8) is 0 Å². The average Bonchev–Trinajstić information content (AvgIpc) is 2.79. The van der Waals surface area contributed by atoms with E-state index >= 15 is 0 Å². The SMILES string of the molecule is Cc1cccc(NC(=O)NC[C@H](c2ccc(N(C)C)cc2)[NH+]2CCc3ccccc3C2)c1. The van der Waals surface area contributed by atoms with E-state index < -0.39 is 0 Å². The number of hydrogen-bond donors (Lipinski definition) is 3. The van der Waals surface area contributed by atoms with Gasteiger partial charge < -0.3 is 20.4 Å². The smallest absolute Gasteiger partial charge is 0.319 e. The van der Waals surface area contributed by atoms with Gasteiger partial charge in [-0.15, -0.1) is 0 Å². The van der Waals surface area contributed by atoms with Gasteiger partial charge in [-0.3, -0.25) is 0 Å². The van der Waals surface area contributed by atoms with Gasteiger partial charge in [-0.2, -0.15) is 0 Å². The van der Waals surface area contributed by atoms with E-state index in [-0.39, 0.29) is 12.1 Å². The van der Waals surface area contributed by atoms with Gasteiger partial charge in [0.2, 0.25) is 0 Å². The molecule has 5 nitrogen and oxygen atoms in total. The maximum Gasteiger partial charge on any atom is 0.319 e. The molecule has 3 aromatic rings. The first-order valence-electron chi connectivity index (χ1n) is 11.3. The number of quaternary nitrogens is 1. The number of carbonyl (C=O) groups is 1. The summed E-state index contributed by atoms with van der Waals surface area (Å²) in [6.45, 7) is 4.63. The molecule has 3 N–H and O–H groups in total. The Balaban J connectivity index is 1.50. The molecule has 1 aliphatic rings. The molecule has 0 aromatic heterocycles. The monoisotopic (exact) mass is 429 g/mol. The molecular formula is C27H33N4O+. The predicted octanol–water partition coefficient (Wildman–Crippen LogP) is 3.57. The van der Waals surface area contributed by atoms with Crippen molar-refractivity contribution in [2.45, 2.75) is 25.9 Å². The van der Waals surface area contributed by atoms with E-state index in [4.69, 9.17) is 0 Å². The number of nitrogens with zero attached hydrogens (tertiary/aromatic N) is 1. The van der Waals surface area contributed by atoms with Gasteiger partial charge in [-0.05, 0) is 42.3 Å². The first kappa shape index (κ1) is 21.9. The summed E-state index contributed by atoms with van der Waals surface area (Å²) in [5.74, 6) is 0. The summed E-state index contributed by atoms with van der Waals surface area (Å²) in [5.41, 5.74) is 7.22. The number of urea groups is 1. The minimum atomic E-state index is -0.165. The fourth-order valence-electron chi connectivity index (χ4n) is 4.50. The second kappa shape index (κ2) is 9.88. The van der Waals surface area contributed by atoms with Crippen LogP contribution in [0.1, 0.15) is 28.3 Å². The molecule has 166 valence electrons. The lowest BCUT2D eigenvalue weighted by atomic mass is 9.96. The minimum absolute atomic E-state index is 0.165. The van der Waals surface area contributed by atoms with Gasteiger partial charge in [0.15, 0.2) is 0 Å². The molecule has 2 atom stereocenters. The van der Waals surface area contributed by atoms with Crippen LogP contribution in [0.2, 0.25) is 0 Å². The third kappa shape index (κ3) is 5.29. The van der Waals surface area contributed by atoms with Crippen molar-refractivity contribution < 1.29 is 9.69 Å². The molecule has 1 aliphatic heterocycles. The van der Waals surface area contributed by atoms with E-state index in [9.17, 15) is 4.79 Å². The van der Waals surface area contributed by atoms with Crippen molar-refractivity contribution in [2.24, 2.45) is 0 Å². The summed E-state index contributed by atoms with van der Waals surface area (Å²) in [7, 11) is 4.10. The summed E-state index contributed by atoms with van der Waals surface area (Å²) in [5, 5.41) is 6.09. The zero-order chi connectivity index (χ0) is 22.5. The van der Waals surface area contributed by atoms with Crippen LogP contribution in [-0.4, -0.2) is 33.2 Å². The van der Waals surface area contributed by atoms with Gasteiger partial charge in [-0.1, -0.05) is 48.5 Å². The Kier molecular flexibility index (Phi) is 6.76. The van der Waals surface area contributed by atoms with Gasteiger partial charge in [0, 0.05) is 43.0 Å². The molecule has 0 bridgehead atoms.